The maximum Gasteiger partial charge on any atom is 0.329 e. The molecule has 4 nitrogen and oxygen atoms in total. The van der Waals surface area contributed by atoms with E-state index in [1.807, 2.05) is 13.0 Å². The Labute approximate surface area is 64.3 Å². The van der Waals surface area contributed by atoms with E-state index >= 15 is 0 Å². The highest BCUT2D eigenvalue weighted by Gasteiger charge is 1.98. The average molecular weight is 151 g/mol. The first-order chi connectivity index (χ1) is 5.29. The SMILES string of the molecule is CCn1ccn(CC#N)c1=O. The highest BCUT2D eigenvalue weighted by molar-refractivity contribution is 4.85. The Morgan fingerprint density at radius 1 is 1.55 bits per heavy atom. The number of aromatic nitrogens is 2. The predicted molar refractivity (Wildman–Crippen MR) is 40.0 cm³/mol. The van der Waals surface area contributed by atoms with Gasteiger partial charge in [-0.1, -0.05) is 0 Å². The number of hydrogen-bond donors (Lipinski definition) is 0. The molecule has 1 aromatic heterocycles. The summed E-state index contributed by atoms with van der Waals surface area (Å²) < 4.78 is 2.93. The van der Waals surface area contributed by atoms with Gasteiger partial charge < -0.3 is 0 Å². The van der Waals surface area contributed by atoms with Gasteiger partial charge in [0.25, 0.3) is 0 Å². The lowest BCUT2D eigenvalue weighted by Crippen LogP contribution is -2.22. The molecule has 0 N–H and O–H groups in total. The van der Waals surface area contributed by atoms with Gasteiger partial charge in [0.1, 0.15) is 6.54 Å². The molecule has 1 heterocycles. The number of nitrogens with zero attached hydrogens (tertiary/aromatic N) is 3. The van der Waals surface area contributed by atoms with Crippen molar-refractivity contribution < 1.29 is 0 Å². The second-order valence-electron chi connectivity index (χ2n) is 2.15. The van der Waals surface area contributed by atoms with Crippen LogP contribution in [0.1, 0.15) is 6.92 Å². The lowest BCUT2D eigenvalue weighted by Gasteiger charge is -1.91. The Bertz CT molecular complexity index is 328. The van der Waals surface area contributed by atoms with Crippen LogP contribution in [0, 0.1) is 11.3 Å². The summed E-state index contributed by atoms with van der Waals surface area (Å²) in [6.07, 6.45) is 3.30. The van der Waals surface area contributed by atoms with Crippen molar-refractivity contribution in [1.82, 2.24) is 9.13 Å². The van der Waals surface area contributed by atoms with Crippen molar-refractivity contribution in [3.63, 3.8) is 0 Å². The van der Waals surface area contributed by atoms with Crippen molar-refractivity contribution in [2.45, 2.75) is 20.0 Å². The molecule has 0 aliphatic heterocycles. The van der Waals surface area contributed by atoms with Crippen LogP contribution < -0.4 is 5.69 Å². The normalized spacial score (nSPS) is 9.45. The Balaban J connectivity index is 3.03. The van der Waals surface area contributed by atoms with E-state index in [-0.39, 0.29) is 12.2 Å². The first-order valence-corrected chi connectivity index (χ1v) is 3.42. The summed E-state index contributed by atoms with van der Waals surface area (Å²) in [5, 5.41) is 8.31. The first-order valence-electron chi connectivity index (χ1n) is 3.42. The van der Waals surface area contributed by atoms with Gasteiger partial charge in [0.2, 0.25) is 0 Å². The Morgan fingerprint density at radius 2 is 2.18 bits per heavy atom. The summed E-state index contributed by atoms with van der Waals surface area (Å²) in [6, 6.07) is 1.91. The third kappa shape index (κ3) is 1.32. The van der Waals surface area contributed by atoms with Crippen molar-refractivity contribution >= 4 is 0 Å². The summed E-state index contributed by atoms with van der Waals surface area (Å²) in [5.41, 5.74) is -0.117. The van der Waals surface area contributed by atoms with E-state index in [2.05, 4.69) is 0 Å². The molecular weight excluding hydrogens is 142 g/mol. The van der Waals surface area contributed by atoms with Crippen molar-refractivity contribution in [2.24, 2.45) is 0 Å². The molecule has 0 atom stereocenters. The van der Waals surface area contributed by atoms with Crippen LogP contribution in [0.15, 0.2) is 17.2 Å². The van der Waals surface area contributed by atoms with Crippen LogP contribution in [0.3, 0.4) is 0 Å². The van der Waals surface area contributed by atoms with E-state index in [4.69, 9.17) is 5.26 Å². The molecule has 0 aromatic carbocycles. The molecule has 0 radical (unpaired) electrons. The maximum atomic E-state index is 11.2. The van der Waals surface area contributed by atoms with E-state index in [0.29, 0.717) is 6.54 Å². The van der Waals surface area contributed by atoms with Crippen molar-refractivity contribution in [1.29, 1.82) is 5.26 Å². The monoisotopic (exact) mass is 151 g/mol. The fourth-order valence-electron chi connectivity index (χ4n) is 0.891. The highest BCUT2D eigenvalue weighted by atomic mass is 16.1. The van der Waals surface area contributed by atoms with E-state index in [9.17, 15) is 4.79 Å². The number of rotatable bonds is 2. The molecule has 0 amide bonds. The van der Waals surface area contributed by atoms with Crippen LogP contribution >= 0.6 is 0 Å². The number of hydrogen-bond acceptors (Lipinski definition) is 2. The molecule has 11 heavy (non-hydrogen) atoms. The predicted octanol–water partition coefficient (Wildman–Crippen LogP) is 0.193. The van der Waals surface area contributed by atoms with Gasteiger partial charge >= 0.3 is 5.69 Å². The Morgan fingerprint density at radius 3 is 2.64 bits per heavy atom. The van der Waals surface area contributed by atoms with E-state index in [0.717, 1.165) is 0 Å². The molecule has 1 rings (SSSR count). The van der Waals surface area contributed by atoms with Crippen LogP contribution in [0.2, 0.25) is 0 Å². The fraction of sp³-hybridized carbons (Fsp3) is 0.429. The van der Waals surface area contributed by atoms with Crippen molar-refractivity contribution in [2.75, 3.05) is 0 Å². The minimum absolute atomic E-state index is 0.117. The third-order valence-corrected chi connectivity index (χ3v) is 1.50. The first kappa shape index (κ1) is 7.61. The molecule has 0 saturated heterocycles. The summed E-state index contributed by atoms with van der Waals surface area (Å²) in [7, 11) is 0. The summed E-state index contributed by atoms with van der Waals surface area (Å²) >= 11 is 0. The lowest BCUT2D eigenvalue weighted by atomic mass is 10.7. The van der Waals surface area contributed by atoms with E-state index in [1.54, 1.807) is 17.0 Å². The lowest BCUT2D eigenvalue weighted by molar-refractivity contribution is 0.677. The van der Waals surface area contributed by atoms with Crippen molar-refractivity contribution in [3.8, 4) is 6.07 Å². The molecular formula is C7H9N3O. The van der Waals surface area contributed by atoms with Crippen molar-refractivity contribution in [3.05, 3.63) is 22.9 Å². The minimum Gasteiger partial charge on any atom is -0.299 e. The van der Waals surface area contributed by atoms with Gasteiger partial charge in [0.05, 0.1) is 6.07 Å². The van der Waals surface area contributed by atoms with Crippen LogP contribution in [0.25, 0.3) is 0 Å². The molecule has 4 heteroatoms. The molecule has 0 saturated carbocycles. The van der Waals surface area contributed by atoms with E-state index < -0.39 is 0 Å². The van der Waals surface area contributed by atoms with Gasteiger partial charge in [0, 0.05) is 18.9 Å². The molecule has 0 aliphatic rings. The molecule has 58 valence electrons. The molecule has 0 spiro atoms. The van der Waals surface area contributed by atoms with Gasteiger partial charge in [-0.25, -0.2) is 4.79 Å². The van der Waals surface area contributed by atoms with Crippen LogP contribution in [0.5, 0.6) is 0 Å². The molecule has 1 aromatic rings. The fourth-order valence-corrected chi connectivity index (χ4v) is 0.891. The third-order valence-electron chi connectivity index (χ3n) is 1.50. The number of aryl methyl sites for hydroxylation is 1. The van der Waals surface area contributed by atoms with Crippen LogP contribution in [-0.4, -0.2) is 9.13 Å². The Hall–Kier alpha value is -1.50. The second-order valence-corrected chi connectivity index (χ2v) is 2.15. The quantitative estimate of drug-likeness (QED) is 0.606. The molecule has 0 fully saturated rings. The highest BCUT2D eigenvalue weighted by Crippen LogP contribution is 1.83. The maximum absolute atomic E-state index is 11.2. The topological polar surface area (TPSA) is 50.7 Å². The summed E-state index contributed by atoms with van der Waals surface area (Å²) in [5.74, 6) is 0. The molecule has 0 unspecified atom stereocenters. The second kappa shape index (κ2) is 3.06. The van der Waals surface area contributed by atoms with E-state index in [1.165, 1.54) is 4.57 Å². The van der Waals surface area contributed by atoms with Gasteiger partial charge in [-0.15, -0.1) is 0 Å². The Kier molecular flexibility index (Phi) is 2.12. The molecule has 0 bridgehead atoms. The zero-order valence-electron chi connectivity index (χ0n) is 6.32. The van der Waals surface area contributed by atoms with Gasteiger partial charge in [0.15, 0.2) is 0 Å². The van der Waals surface area contributed by atoms with Crippen LogP contribution in [-0.2, 0) is 13.1 Å². The largest absolute Gasteiger partial charge is 0.329 e. The summed E-state index contributed by atoms with van der Waals surface area (Å²) in [4.78, 5) is 11.2. The smallest absolute Gasteiger partial charge is 0.299 e. The van der Waals surface area contributed by atoms with Gasteiger partial charge in [-0.2, -0.15) is 5.26 Å². The summed E-state index contributed by atoms with van der Waals surface area (Å²) in [6.45, 7) is 2.67. The van der Waals surface area contributed by atoms with Crippen LogP contribution in [0.4, 0.5) is 0 Å². The number of nitriles is 1. The zero-order valence-corrected chi connectivity index (χ0v) is 6.32. The number of imidazole rings is 1. The van der Waals surface area contributed by atoms with Gasteiger partial charge in [-0.05, 0) is 6.92 Å². The van der Waals surface area contributed by atoms with Gasteiger partial charge in [-0.3, -0.25) is 9.13 Å². The molecule has 0 aliphatic carbocycles. The standard InChI is InChI=1S/C7H9N3O/c1-2-9-5-6-10(4-3-8)7(9)11/h5-6H,2,4H2,1H3. The zero-order chi connectivity index (χ0) is 8.27. The average Bonchev–Trinajstić information content (AvgIpc) is 2.34. The minimum atomic E-state index is -0.117.